The highest BCUT2D eigenvalue weighted by molar-refractivity contribution is 7.13. The zero-order valence-electron chi connectivity index (χ0n) is 10.8. The average molecular weight is 326 g/mol. The maximum atomic E-state index is 11.8. The van der Waals surface area contributed by atoms with Crippen LogP contribution in [-0.4, -0.2) is 22.1 Å². The van der Waals surface area contributed by atoms with Crippen molar-refractivity contribution < 1.29 is 14.7 Å². The molecule has 0 aliphatic carbocycles. The number of hydrogen-bond donors (Lipinski definition) is 3. The SMILES string of the molecule is O=C(O)CCc1csc(NC(=O)Nc2ccc(Cl)cc2)n1. The van der Waals surface area contributed by atoms with E-state index in [0.29, 0.717) is 28.0 Å². The zero-order valence-corrected chi connectivity index (χ0v) is 12.4. The van der Waals surface area contributed by atoms with E-state index in [1.165, 1.54) is 11.3 Å². The number of hydrogen-bond acceptors (Lipinski definition) is 4. The fourth-order valence-electron chi connectivity index (χ4n) is 1.51. The molecular formula is C13H12ClN3O3S. The summed E-state index contributed by atoms with van der Waals surface area (Å²) in [5, 5.41) is 16.6. The number of halogens is 1. The third kappa shape index (κ3) is 5.05. The largest absolute Gasteiger partial charge is 0.481 e. The molecule has 0 unspecified atom stereocenters. The highest BCUT2D eigenvalue weighted by Crippen LogP contribution is 2.18. The van der Waals surface area contributed by atoms with Crippen LogP contribution in [0.25, 0.3) is 0 Å². The fourth-order valence-corrected chi connectivity index (χ4v) is 2.37. The van der Waals surface area contributed by atoms with Gasteiger partial charge in [0.05, 0.1) is 12.1 Å². The van der Waals surface area contributed by atoms with Gasteiger partial charge in [0.15, 0.2) is 5.13 Å². The lowest BCUT2D eigenvalue weighted by Crippen LogP contribution is -2.19. The molecule has 0 aliphatic rings. The van der Waals surface area contributed by atoms with Crippen LogP contribution in [0.5, 0.6) is 0 Å². The smallest absolute Gasteiger partial charge is 0.325 e. The number of aromatic nitrogens is 1. The van der Waals surface area contributed by atoms with Gasteiger partial charge in [0.2, 0.25) is 0 Å². The molecule has 0 aliphatic heterocycles. The number of nitrogens with one attached hydrogen (secondary N) is 2. The van der Waals surface area contributed by atoms with Gasteiger partial charge in [-0.05, 0) is 24.3 Å². The molecule has 110 valence electrons. The molecule has 0 radical (unpaired) electrons. The average Bonchev–Trinajstić information content (AvgIpc) is 2.86. The molecule has 2 aromatic rings. The predicted molar refractivity (Wildman–Crippen MR) is 82.2 cm³/mol. The number of carbonyl (C=O) groups excluding carboxylic acids is 1. The van der Waals surface area contributed by atoms with E-state index in [1.54, 1.807) is 29.6 Å². The van der Waals surface area contributed by atoms with Crippen molar-refractivity contribution in [3.63, 3.8) is 0 Å². The van der Waals surface area contributed by atoms with Crippen molar-refractivity contribution in [1.29, 1.82) is 0 Å². The number of anilines is 2. The molecular weight excluding hydrogens is 314 g/mol. The summed E-state index contributed by atoms with van der Waals surface area (Å²) in [6, 6.07) is 6.29. The monoisotopic (exact) mass is 325 g/mol. The van der Waals surface area contributed by atoms with Gasteiger partial charge in [-0.25, -0.2) is 9.78 Å². The van der Waals surface area contributed by atoms with Gasteiger partial charge in [-0.15, -0.1) is 11.3 Å². The van der Waals surface area contributed by atoms with Crippen molar-refractivity contribution >= 4 is 45.8 Å². The lowest BCUT2D eigenvalue weighted by molar-refractivity contribution is -0.136. The summed E-state index contributed by atoms with van der Waals surface area (Å²) in [6.07, 6.45) is 0.354. The highest BCUT2D eigenvalue weighted by atomic mass is 35.5. The Morgan fingerprint density at radius 1 is 1.24 bits per heavy atom. The van der Waals surface area contributed by atoms with Crippen LogP contribution < -0.4 is 10.6 Å². The van der Waals surface area contributed by atoms with E-state index < -0.39 is 12.0 Å². The number of nitrogens with zero attached hydrogens (tertiary/aromatic N) is 1. The van der Waals surface area contributed by atoms with Crippen molar-refractivity contribution in [3.05, 3.63) is 40.4 Å². The highest BCUT2D eigenvalue weighted by Gasteiger charge is 2.08. The van der Waals surface area contributed by atoms with E-state index in [1.807, 2.05) is 0 Å². The molecule has 0 fully saturated rings. The Labute approximate surface area is 129 Å². The van der Waals surface area contributed by atoms with Gasteiger partial charge >= 0.3 is 12.0 Å². The number of carbonyl (C=O) groups is 2. The quantitative estimate of drug-likeness (QED) is 0.785. The summed E-state index contributed by atoms with van der Waals surface area (Å²) in [7, 11) is 0. The Bertz CT molecular complexity index is 642. The van der Waals surface area contributed by atoms with Crippen LogP contribution in [0.4, 0.5) is 15.6 Å². The minimum absolute atomic E-state index is 0.0140. The molecule has 0 saturated carbocycles. The number of rotatable bonds is 5. The summed E-state index contributed by atoms with van der Waals surface area (Å²) >= 11 is 7.00. The summed E-state index contributed by atoms with van der Waals surface area (Å²) < 4.78 is 0. The molecule has 3 N–H and O–H groups in total. The second-order valence-corrected chi connectivity index (χ2v) is 5.42. The van der Waals surface area contributed by atoms with E-state index >= 15 is 0 Å². The van der Waals surface area contributed by atoms with Crippen LogP contribution in [-0.2, 0) is 11.2 Å². The lowest BCUT2D eigenvalue weighted by atomic mass is 10.2. The number of aryl methyl sites for hydroxylation is 1. The van der Waals surface area contributed by atoms with E-state index in [2.05, 4.69) is 15.6 Å². The van der Waals surface area contributed by atoms with Crippen LogP contribution in [0, 0.1) is 0 Å². The van der Waals surface area contributed by atoms with Gasteiger partial charge in [0.25, 0.3) is 0 Å². The number of thiazole rings is 1. The lowest BCUT2D eigenvalue weighted by Gasteiger charge is -2.05. The first kappa shape index (κ1) is 15.3. The summed E-state index contributed by atoms with van der Waals surface area (Å²) in [5.41, 5.74) is 1.25. The molecule has 1 heterocycles. The standard InChI is InChI=1S/C13H12ClN3O3S/c14-8-1-3-9(4-2-8)15-12(20)17-13-16-10(7-21-13)5-6-11(18)19/h1-4,7H,5-6H2,(H,18,19)(H2,15,16,17,20). The number of carboxylic acid groups (broad SMARTS) is 1. The molecule has 0 atom stereocenters. The van der Waals surface area contributed by atoms with Crippen LogP contribution in [0.3, 0.4) is 0 Å². The van der Waals surface area contributed by atoms with Gasteiger partial charge in [-0.2, -0.15) is 0 Å². The Hall–Kier alpha value is -2.12. The first-order valence-electron chi connectivity index (χ1n) is 6.03. The van der Waals surface area contributed by atoms with Gasteiger partial charge in [-0.1, -0.05) is 11.6 Å². The van der Waals surface area contributed by atoms with Gasteiger partial charge < -0.3 is 10.4 Å². The molecule has 0 saturated heterocycles. The van der Waals surface area contributed by atoms with Crippen LogP contribution in [0.2, 0.25) is 5.02 Å². The fraction of sp³-hybridized carbons (Fsp3) is 0.154. The van der Waals surface area contributed by atoms with Crippen LogP contribution >= 0.6 is 22.9 Å². The second-order valence-electron chi connectivity index (χ2n) is 4.12. The Morgan fingerprint density at radius 3 is 2.62 bits per heavy atom. The Balaban J connectivity index is 1.87. The van der Waals surface area contributed by atoms with E-state index in [-0.39, 0.29) is 6.42 Å². The molecule has 1 aromatic carbocycles. The zero-order chi connectivity index (χ0) is 15.2. The van der Waals surface area contributed by atoms with Crippen molar-refractivity contribution in [2.24, 2.45) is 0 Å². The minimum Gasteiger partial charge on any atom is -0.481 e. The summed E-state index contributed by atoms with van der Waals surface area (Å²) in [6.45, 7) is 0. The number of benzene rings is 1. The molecule has 2 rings (SSSR count). The van der Waals surface area contributed by atoms with Crippen molar-refractivity contribution in [1.82, 2.24) is 4.98 Å². The first-order valence-corrected chi connectivity index (χ1v) is 7.28. The van der Waals surface area contributed by atoms with Gasteiger partial charge in [0, 0.05) is 22.5 Å². The van der Waals surface area contributed by atoms with E-state index in [0.717, 1.165) is 0 Å². The Morgan fingerprint density at radius 2 is 1.95 bits per heavy atom. The Kier molecular flexibility index (Phi) is 5.13. The maximum Gasteiger partial charge on any atom is 0.325 e. The molecule has 1 aromatic heterocycles. The molecule has 2 amide bonds. The predicted octanol–water partition coefficient (Wildman–Crippen LogP) is 3.46. The van der Waals surface area contributed by atoms with E-state index in [9.17, 15) is 9.59 Å². The third-order valence-electron chi connectivity index (χ3n) is 2.47. The van der Waals surface area contributed by atoms with Crippen molar-refractivity contribution in [3.8, 4) is 0 Å². The van der Waals surface area contributed by atoms with Crippen LogP contribution in [0.15, 0.2) is 29.6 Å². The first-order chi connectivity index (χ1) is 10.0. The van der Waals surface area contributed by atoms with E-state index in [4.69, 9.17) is 16.7 Å². The van der Waals surface area contributed by atoms with Crippen molar-refractivity contribution in [2.75, 3.05) is 10.6 Å². The van der Waals surface area contributed by atoms with Gasteiger partial charge in [0.1, 0.15) is 0 Å². The third-order valence-corrected chi connectivity index (χ3v) is 3.53. The molecule has 6 nitrogen and oxygen atoms in total. The summed E-state index contributed by atoms with van der Waals surface area (Å²) in [5.74, 6) is -0.877. The minimum atomic E-state index is -0.877. The number of carboxylic acids is 1. The second kappa shape index (κ2) is 7.05. The number of amides is 2. The number of aliphatic carboxylic acids is 1. The molecule has 8 heteroatoms. The molecule has 0 spiro atoms. The summed E-state index contributed by atoms with van der Waals surface area (Å²) in [4.78, 5) is 26.4. The van der Waals surface area contributed by atoms with Crippen molar-refractivity contribution in [2.45, 2.75) is 12.8 Å². The maximum absolute atomic E-state index is 11.8. The molecule has 21 heavy (non-hydrogen) atoms. The normalized spacial score (nSPS) is 10.1. The topological polar surface area (TPSA) is 91.3 Å². The van der Waals surface area contributed by atoms with Gasteiger partial charge in [-0.3, -0.25) is 10.1 Å². The molecule has 0 bridgehead atoms. The van der Waals surface area contributed by atoms with Crippen LogP contribution in [0.1, 0.15) is 12.1 Å². The number of urea groups is 1.